The minimum atomic E-state index is 0.483. The zero-order valence-electron chi connectivity index (χ0n) is 6.25. The van der Waals surface area contributed by atoms with Crippen molar-refractivity contribution in [2.45, 2.75) is 6.92 Å². The van der Waals surface area contributed by atoms with Gasteiger partial charge in [0.05, 0.1) is 0 Å². The Hall–Kier alpha value is -0.0405. The van der Waals surface area contributed by atoms with Crippen molar-refractivity contribution >= 4 is 35.3 Å². The molecule has 58 valence electrons. The predicted octanol–water partition coefficient (Wildman–Crippen LogP) is 2.19. The predicted molar refractivity (Wildman–Crippen MR) is 54.6 cm³/mol. The molecule has 0 fully saturated rings. The fourth-order valence-electron chi connectivity index (χ4n) is 0.721. The molecule has 0 radical (unpaired) electrons. The van der Waals surface area contributed by atoms with Crippen molar-refractivity contribution in [1.82, 2.24) is 0 Å². The Bertz CT molecular complexity index is 238. The second-order valence-corrected chi connectivity index (χ2v) is 4.78. The normalized spacial score (nSPS) is 10.7. The average molecular weight is 276 g/mol. The molecular formula is C9H9BrSe. The molecule has 0 aliphatic carbocycles. The van der Waals surface area contributed by atoms with Crippen LogP contribution in [0.3, 0.4) is 0 Å². The number of benzene rings is 1. The average Bonchev–Trinajstić information content (AvgIpc) is 2.04. The molecule has 0 heterocycles. The molecule has 1 rings (SSSR count). The Labute approximate surface area is 82.0 Å². The van der Waals surface area contributed by atoms with E-state index in [1.165, 1.54) is 10.0 Å². The van der Waals surface area contributed by atoms with Crippen molar-refractivity contribution in [3.05, 3.63) is 39.8 Å². The van der Waals surface area contributed by atoms with E-state index in [0.29, 0.717) is 15.0 Å². The van der Waals surface area contributed by atoms with Gasteiger partial charge in [-0.15, -0.1) is 0 Å². The quantitative estimate of drug-likeness (QED) is 0.726. The summed E-state index contributed by atoms with van der Waals surface area (Å²) in [5.74, 6) is 0. The third-order valence-electron chi connectivity index (χ3n) is 1.28. The van der Waals surface area contributed by atoms with E-state index in [0.717, 1.165) is 0 Å². The van der Waals surface area contributed by atoms with Crippen LogP contribution in [-0.2, 0) is 0 Å². The Morgan fingerprint density at radius 1 is 1.27 bits per heavy atom. The van der Waals surface area contributed by atoms with Gasteiger partial charge < -0.3 is 0 Å². The third kappa shape index (κ3) is 3.24. The molecule has 0 nitrogen and oxygen atoms in total. The van der Waals surface area contributed by atoms with Gasteiger partial charge >= 0.3 is 82.1 Å². The molecule has 0 bridgehead atoms. The third-order valence-corrected chi connectivity index (χ3v) is 4.04. The number of hydrogen-bond acceptors (Lipinski definition) is 0. The molecule has 11 heavy (non-hydrogen) atoms. The molecule has 1 aromatic carbocycles. The van der Waals surface area contributed by atoms with Crippen LogP contribution in [0.5, 0.6) is 0 Å². The van der Waals surface area contributed by atoms with Crippen LogP contribution < -0.4 is 4.46 Å². The summed E-state index contributed by atoms with van der Waals surface area (Å²) in [6.45, 7) is 2.11. The number of rotatable bonds is 2. The Morgan fingerprint density at radius 2 is 1.91 bits per heavy atom. The molecule has 0 atom stereocenters. The van der Waals surface area contributed by atoms with Crippen molar-refractivity contribution in [1.29, 1.82) is 0 Å². The van der Waals surface area contributed by atoms with Crippen LogP contribution in [0, 0.1) is 6.92 Å². The van der Waals surface area contributed by atoms with E-state index in [9.17, 15) is 0 Å². The van der Waals surface area contributed by atoms with Gasteiger partial charge in [-0.25, -0.2) is 0 Å². The molecule has 1 aromatic rings. The first-order chi connectivity index (χ1) is 5.33. The Kier molecular flexibility index (Phi) is 3.92. The van der Waals surface area contributed by atoms with E-state index in [2.05, 4.69) is 52.1 Å². The van der Waals surface area contributed by atoms with E-state index in [-0.39, 0.29) is 0 Å². The van der Waals surface area contributed by atoms with E-state index in [1.54, 1.807) is 0 Å². The monoisotopic (exact) mass is 276 g/mol. The van der Waals surface area contributed by atoms with Gasteiger partial charge in [-0.3, -0.25) is 0 Å². The van der Waals surface area contributed by atoms with Gasteiger partial charge in [0.25, 0.3) is 0 Å². The van der Waals surface area contributed by atoms with E-state index >= 15 is 0 Å². The summed E-state index contributed by atoms with van der Waals surface area (Å²) in [5, 5.41) is 0. The maximum atomic E-state index is 3.26. The molecule has 0 aliphatic heterocycles. The van der Waals surface area contributed by atoms with E-state index < -0.39 is 0 Å². The molecule has 0 saturated heterocycles. The van der Waals surface area contributed by atoms with Gasteiger partial charge in [0, 0.05) is 0 Å². The second kappa shape index (κ2) is 4.76. The van der Waals surface area contributed by atoms with Gasteiger partial charge in [0.1, 0.15) is 0 Å². The van der Waals surface area contributed by atoms with Crippen molar-refractivity contribution in [3.8, 4) is 0 Å². The fourth-order valence-corrected chi connectivity index (χ4v) is 2.33. The van der Waals surface area contributed by atoms with Crippen molar-refractivity contribution < 1.29 is 0 Å². The Balaban J connectivity index is 2.66. The topological polar surface area (TPSA) is 0 Å². The van der Waals surface area contributed by atoms with E-state index in [4.69, 9.17) is 0 Å². The Morgan fingerprint density at radius 3 is 2.45 bits per heavy atom. The molecule has 0 aromatic heterocycles. The van der Waals surface area contributed by atoms with E-state index in [1.807, 2.05) is 4.99 Å². The SMILES string of the molecule is Cc1ccc([Se]/C=C/Br)cc1. The molecule has 0 aliphatic rings. The van der Waals surface area contributed by atoms with Gasteiger partial charge in [-0.2, -0.15) is 0 Å². The summed E-state index contributed by atoms with van der Waals surface area (Å²) in [6, 6.07) is 8.67. The van der Waals surface area contributed by atoms with Gasteiger partial charge in [0.15, 0.2) is 0 Å². The van der Waals surface area contributed by atoms with Crippen LogP contribution in [0.2, 0.25) is 0 Å². The molecule has 0 spiro atoms. The van der Waals surface area contributed by atoms with Crippen molar-refractivity contribution in [2.75, 3.05) is 0 Å². The number of aryl methyl sites for hydroxylation is 1. The molecule has 2 heteroatoms. The van der Waals surface area contributed by atoms with Crippen LogP contribution >= 0.6 is 15.9 Å². The molecule has 0 N–H and O–H groups in total. The first-order valence-corrected chi connectivity index (χ1v) is 6.07. The molecule has 0 unspecified atom stereocenters. The van der Waals surface area contributed by atoms with Gasteiger partial charge in [-0.05, 0) is 0 Å². The first-order valence-electron chi connectivity index (χ1n) is 3.31. The zero-order valence-corrected chi connectivity index (χ0v) is 9.55. The minimum absolute atomic E-state index is 0.483. The summed E-state index contributed by atoms with van der Waals surface area (Å²) in [6.07, 6.45) is 0. The van der Waals surface area contributed by atoms with Crippen molar-refractivity contribution in [3.63, 3.8) is 0 Å². The van der Waals surface area contributed by atoms with Crippen molar-refractivity contribution in [2.24, 2.45) is 0 Å². The van der Waals surface area contributed by atoms with Crippen LogP contribution in [0.15, 0.2) is 34.2 Å². The summed E-state index contributed by atoms with van der Waals surface area (Å²) < 4.78 is 1.42. The van der Waals surface area contributed by atoms with Crippen LogP contribution in [0.25, 0.3) is 0 Å². The fraction of sp³-hybridized carbons (Fsp3) is 0.111. The zero-order chi connectivity index (χ0) is 8.10. The van der Waals surface area contributed by atoms with Gasteiger partial charge in [0.2, 0.25) is 0 Å². The summed E-state index contributed by atoms with van der Waals surface area (Å²) >= 11 is 3.74. The summed E-state index contributed by atoms with van der Waals surface area (Å²) in [7, 11) is 0. The molecule has 0 saturated carbocycles. The standard InChI is InChI=1S/C9H9BrSe/c1-8-2-4-9(5-3-8)11-7-6-10/h2-7H,1H3/b7-6+. The van der Waals surface area contributed by atoms with Crippen LogP contribution in [0.1, 0.15) is 5.56 Å². The summed E-state index contributed by atoms with van der Waals surface area (Å²) in [5.41, 5.74) is 1.33. The first kappa shape index (κ1) is 9.05. The number of halogens is 1. The second-order valence-electron chi connectivity index (χ2n) is 2.19. The number of hydrogen-bond donors (Lipinski definition) is 0. The van der Waals surface area contributed by atoms with Crippen LogP contribution in [0.4, 0.5) is 0 Å². The molecular weight excluding hydrogens is 267 g/mol. The van der Waals surface area contributed by atoms with Gasteiger partial charge in [-0.1, -0.05) is 0 Å². The molecule has 0 amide bonds. The summed E-state index contributed by atoms with van der Waals surface area (Å²) in [4.78, 5) is 4.07. The maximum absolute atomic E-state index is 3.26. The van der Waals surface area contributed by atoms with Crippen LogP contribution in [-0.4, -0.2) is 15.0 Å².